The third kappa shape index (κ3) is 58.4. The van der Waals surface area contributed by atoms with E-state index in [2.05, 4.69) is 99.0 Å². The monoisotopic (exact) mass is 1120 g/mol. The fourth-order valence-electron chi connectivity index (χ4n) is 8.17. The zero-order chi connectivity index (χ0) is 57.9. The molecule has 0 rings (SSSR count). The van der Waals surface area contributed by atoms with Gasteiger partial charge in [0.05, 0.1) is 33.8 Å². The minimum atomic E-state index is -4.48. The molecule has 0 aromatic heterocycles. The third-order valence-corrected chi connectivity index (χ3v) is 13.9. The first-order valence-corrected chi connectivity index (χ1v) is 32.7. The van der Waals surface area contributed by atoms with Gasteiger partial charge >= 0.3 is 13.8 Å². The number of quaternary nitrogens is 1. The van der Waals surface area contributed by atoms with Gasteiger partial charge in [-0.05, 0) is 96.0 Å². The van der Waals surface area contributed by atoms with Crippen molar-refractivity contribution < 1.29 is 37.3 Å². The van der Waals surface area contributed by atoms with E-state index in [-0.39, 0.29) is 37.9 Å². The average molecular weight is 1120 g/mol. The Kier molecular flexibility index (Phi) is 54.2. The molecular weight excluding hydrogens is 1000 g/mol. The first kappa shape index (κ1) is 74.9. The molecule has 2 N–H and O–H groups in total. The molecule has 9 nitrogen and oxygen atoms in total. The molecule has 3 unspecified atom stereocenters. The minimum Gasteiger partial charge on any atom is -0.456 e. The molecule has 0 radical (unpaired) electrons. The van der Waals surface area contributed by atoms with Gasteiger partial charge in [0.2, 0.25) is 5.91 Å². The van der Waals surface area contributed by atoms with Crippen molar-refractivity contribution >= 4 is 19.7 Å². The number of unbranched alkanes of at least 4 members (excludes halogenated alkanes) is 21. The highest BCUT2D eigenvalue weighted by Gasteiger charge is 2.30. The number of phosphoric acid groups is 1. The highest BCUT2D eigenvalue weighted by atomic mass is 31.2. The number of allylic oxidation sites excluding steroid dienone is 23. The zero-order valence-electron chi connectivity index (χ0n) is 51.1. The fraction of sp³-hybridized carbons (Fsp3) is 0.623. The molecule has 0 aliphatic rings. The third-order valence-electron chi connectivity index (χ3n) is 12.9. The van der Waals surface area contributed by atoms with Crippen LogP contribution in [0.5, 0.6) is 0 Å². The van der Waals surface area contributed by atoms with Crippen LogP contribution in [0.2, 0.25) is 0 Å². The highest BCUT2D eigenvalue weighted by Crippen LogP contribution is 2.43. The molecular formula is C69H116N2O7P+. The number of carbonyl (C=O) groups excluding carboxylic acids is 2. The number of phosphoric ester groups is 1. The van der Waals surface area contributed by atoms with E-state index in [0.717, 1.165) is 103 Å². The van der Waals surface area contributed by atoms with Crippen LogP contribution in [0.15, 0.2) is 146 Å². The maximum Gasteiger partial charge on any atom is 0.472 e. The standard InChI is InChI=1S/C69H115N2O7P/c1-7-10-13-16-19-22-25-28-30-32-33-34-35-36-37-39-41-44-47-50-53-56-59-62-69(73)78-67(60-57-54-51-48-45-42-27-24-21-18-15-12-9-3)66(65-77-79(74,75)76-64-63-71(4,5)6)70-68(72)61-58-55-52-49-46-43-40-38-31-29-26-23-20-17-14-11-8-2/h10-11,13-14,17,19-20,22-23,26,28-31,33-34,36-38,40,43,46,57,60,66-67H,7-9,12,15-16,18,21,24-25,27,32,35,39,41-42,44-45,47-56,58-59,61-65H2,1-6H3,(H-,70,72,74,75)/p+1/b13-10-,14-11-,20-17+,22-19-,26-23+,30-28-,31-29-,34-33-,37-36-,40-38+,46-43+,60-57-. The van der Waals surface area contributed by atoms with Crippen LogP contribution < -0.4 is 5.32 Å². The molecule has 0 saturated heterocycles. The minimum absolute atomic E-state index is 0.0203. The van der Waals surface area contributed by atoms with Crippen LogP contribution >= 0.6 is 7.82 Å². The summed E-state index contributed by atoms with van der Waals surface area (Å²) in [5.41, 5.74) is 0. The molecule has 0 spiro atoms. The van der Waals surface area contributed by atoms with Crippen LogP contribution in [0.4, 0.5) is 0 Å². The Bertz CT molecular complexity index is 1860. The molecule has 1 amide bonds. The molecule has 0 aromatic rings. The number of amides is 1. The van der Waals surface area contributed by atoms with Crippen molar-refractivity contribution in [3.05, 3.63) is 146 Å². The number of rotatable bonds is 54. The van der Waals surface area contributed by atoms with Crippen LogP contribution in [0.25, 0.3) is 0 Å². The van der Waals surface area contributed by atoms with Crippen molar-refractivity contribution in [3.8, 4) is 0 Å². The average Bonchev–Trinajstić information content (AvgIpc) is 3.41. The Morgan fingerprint density at radius 2 is 0.873 bits per heavy atom. The number of ether oxygens (including phenoxy) is 1. The summed E-state index contributed by atoms with van der Waals surface area (Å²) in [6, 6.07) is -0.888. The van der Waals surface area contributed by atoms with Crippen molar-refractivity contribution in [2.75, 3.05) is 40.9 Å². The lowest BCUT2D eigenvalue weighted by atomic mass is 10.0. The molecule has 0 aliphatic heterocycles. The van der Waals surface area contributed by atoms with E-state index in [4.69, 9.17) is 13.8 Å². The van der Waals surface area contributed by atoms with E-state index < -0.39 is 20.0 Å². The summed E-state index contributed by atoms with van der Waals surface area (Å²) in [5.74, 6) is -0.580. The highest BCUT2D eigenvalue weighted by molar-refractivity contribution is 7.47. The van der Waals surface area contributed by atoms with Crippen LogP contribution in [0.1, 0.15) is 226 Å². The number of hydrogen-bond donors (Lipinski definition) is 2. The largest absolute Gasteiger partial charge is 0.472 e. The lowest BCUT2D eigenvalue weighted by Gasteiger charge is -2.27. The second-order valence-electron chi connectivity index (χ2n) is 21.6. The molecule has 3 atom stereocenters. The first-order chi connectivity index (χ1) is 38.4. The summed E-state index contributed by atoms with van der Waals surface area (Å²) in [7, 11) is 1.43. The lowest BCUT2D eigenvalue weighted by Crippen LogP contribution is -2.47. The second-order valence-corrected chi connectivity index (χ2v) is 23.1. The number of likely N-dealkylation sites (N-methyl/N-ethyl adjacent to an activating group) is 1. The number of hydrogen-bond acceptors (Lipinski definition) is 6. The number of nitrogens with zero attached hydrogens (tertiary/aromatic N) is 1. The van der Waals surface area contributed by atoms with Gasteiger partial charge in [-0.3, -0.25) is 18.6 Å². The first-order valence-electron chi connectivity index (χ1n) is 31.2. The quantitative estimate of drug-likeness (QED) is 0.0156. The van der Waals surface area contributed by atoms with Gasteiger partial charge in [-0.15, -0.1) is 0 Å². The molecule has 0 aliphatic carbocycles. The molecule has 448 valence electrons. The molecule has 0 aromatic carbocycles. The lowest BCUT2D eigenvalue weighted by molar-refractivity contribution is -0.870. The summed E-state index contributed by atoms with van der Waals surface area (Å²) in [4.78, 5) is 37.7. The van der Waals surface area contributed by atoms with Crippen LogP contribution in [0, 0.1) is 0 Å². The van der Waals surface area contributed by atoms with Crippen molar-refractivity contribution in [3.63, 3.8) is 0 Å². The summed E-state index contributed by atoms with van der Waals surface area (Å²) >= 11 is 0. The normalized spacial score (nSPS) is 14.7. The van der Waals surface area contributed by atoms with E-state index in [1.807, 2.05) is 94.1 Å². The van der Waals surface area contributed by atoms with Gasteiger partial charge in [0.25, 0.3) is 0 Å². The Morgan fingerprint density at radius 1 is 0.468 bits per heavy atom. The van der Waals surface area contributed by atoms with E-state index >= 15 is 0 Å². The van der Waals surface area contributed by atoms with E-state index in [9.17, 15) is 19.0 Å². The Morgan fingerprint density at radius 3 is 1.38 bits per heavy atom. The van der Waals surface area contributed by atoms with Crippen LogP contribution in [-0.4, -0.2) is 74.3 Å². The van der Waals surface area contributed by atoms with Gasteiger partial charge in [0.1, 0.15) is 19.3 Å². The van der Waals surface area contributed by atoms with Crippen molar-refractivity contribution in [1.29, 1.82) is 0 Å². The van der Waals surface area contributed by atoms with Gasteiger partial charge in [-0.1, -0.05) is 263 Å². The summed E-state index contributed by atoms with van der Waals surface area (Å²) < 4.78 is 30.7. The molecule has 0 heterocycles. The fourth-order valence-corrected chi connectivity index (χ4v) is 8.91. The SMILES string of the molecule is CC\C=C/C=C/C=C/C=C\C=C\C=C\CCCCCC(=O)NC(COP(=O)(O)OCC[N+](C)(C)C)C(/C=C\CCCCCCCCCCCCC)OC(=O)CCCCCCCCC/C=C\C/C=C\C/C=C\C/C=C\C/C=C\CC. The maximum absolute atomic E-state index is 13.5. The number of esters is 1. The van der Waals surface area contributed by atoms with Gasteiger partial charge in [0.15, 0.2) is 0 Å². The van der Waals surface area contributed by atoms with Crippen molar-refractivity contribution in [2.24, 2.45) is 0 Å². The van der Waals surface area contributed by atoms with E-state index in [1.54, 1.807) is 0 Å². The molecule has 0 bridgehead atoms. The predicted molar refractivity (Wildman–Crippen MR) is 341 cm³/mol. The van der Waals surface area contributed by atoms with Gasteiger partial charge in [-0.25, -0.2) is 4.57 Å². The number of nitrogens with one attached hydrogen (secondary N) is 1. The Hall–Kier alpha value is -4.11. The van der Waals surface area contributed by atoms with Crippen LogP contribution in [-0.2, 0) is 27.9 Å². The number of carbonyl (C=O) groups is 2. The Balaban J connectivity index is 5.37. The van der Waals surface area contributed by atoms with Gasteiger partial charge in [-0.2, -0.15) is 0 Å². The Labute approximate surface area is 485 Å². The topological polar surface area (TPSA) is 111 Å². The summed E-state index contributed by atoms with van der Waals surface area (Å²) in [6.07, 6.45) is 82.7. The summed E-state index contributed by atoms with van der Waals surface area (Å²) in [5, 5.41) is 3.02. The van der Waals surface area contributed by atoms with E-state index in [0.29, 0.717) is 23.9 Å². The smallest absolute Gasteiger partial charge is 0.456 e. The van der Waals surface area contributed by atoms with Gasteiger partial charge < -0.3 is 19.4 Å². The second kappa shape index (κ2) is 57.1. The summed E-state index contributed by atoms with van der Waals surface area (Å²) in [6.45, 7) is 6.69. The molecule has 10 heteroatoms. The van der Waals surface area contributed by atoms with Crippen molar-refractivity contribution in [2.45, 2.75) is 238 Å². The zero-order valence-corrected chi connectivity index (χ0v) is 51.9. The van der Waals surface area contributed by atoms with Crippen molar-refractivity contribution in [1.82, 2.24) is 5.32 Å². The molecule has 79 heavy (non-hydrogen) atoms. The molecule has 0 fully saturated rings. The maximum atomic E-state index is 13.5. The van der Waals surface area contributed by atoms with Crippen LogP contribution in [0.3, 0.4) is 0 Å². The predicted octanol–water partition coefficient (Wildman–Crippen LogP) is 19.4. The van der Waals surface area contributed by atoms with E-state index in [1.165, 1.54) is 77.0 Å². The van der Waals surface area contributed by atoms with Gasteiger partial charge in [0, 0.05) is 12.8 Å². The molecule has 0 saturated carbocycles.